The number of carbonyl (C=O) groups is 4. The molecule has 564 valence electrons. The zero-order valence-electron chi connectivity index (χ0n) is 61.6. The lowest BCUT2D eigenvalue weighted by Gasteiger charge is -2.21. The Morgan fingerprint density at radius 2 is 0.510 bits per heavy atom. The Bertz CT molecular complexity index is 1970. The standard InChI is InChI=1S/C77H144O17P2/c1-5-9-13-17-21-25-29-33-35-39-42-46-50-54-58-62-75(80)88-68-72(93-76(81)63-59-55-51-47-43-38-32-28-24-20-16-12-8-4)69-91-95(83,84)89-65-71(78)66-90-96(85,86)92-70-73(67-87-74(79)61-57-53-49-45-41-37-31-27-23-19-15-11-7-3)94-77(82)64-60-56-52-48-44-40-36-34-30-26-22-18-14-10-6-2/h25,29,33-36,71-73,78H,5-24,26-28,30-32,37-70H2,1-4H3,(H,83,84)(H,85,86)/b29-25-,35-33-,36-34-/t71-,72-,73-/m1/s1. The maximum absolute atomic E-state index is 13.1. The molecule has 5 atom stereocenters. The quantitative estimate of drug-likeness (QED) is 0.0128. The van der Waals surface area contributed by atoms with E-state index in [4.69, 9.17) is 37.0 Å². The Morgan fingerprint density at radius 3 is 0.792 bits per heavy atom. The second-order valence-electron chi connectivity index (χ2n) is 26.7. The number of rotatable bonds is 75. The predicted octanol–water partition coefficient (Wildman–Crippen LogP) is 22.3. The van der Waals surface area contributed by atoms with Gasteiger partial charge >= 0.3 is 39.5 Å². The Balaban J connectivity index is 5.31. The molecular weight excluding hydrogens is 1260 g/mol. The summed E-state index contributed by atoms with van der Waals surface area (Å²) < 4.78 is 68.5. The van der Waals surface area contributed by atoms with Gasteiger partial charge in [-0.3, -0.25) is 37.3 Å². The first-order valence-electron chi connectivity index (χ1n) is 39.2. The number of carbonyl (C=O) groups excluding carboxylic acids is 4. The minimum absolute atomic E-state index is 0.0926. The summed E-state index contributed by atoms with van der Waals surface area (Å²) >= 11 is 0. The van der Waals surface area contributed by atoms with E-state index in [1.54, 1.807) is 0 Å². The van der Waals surface area contributed by atoms with Crippen LogP contribution < -0.4 is 0 Å². The molecule has 0 saturated heterocycles. The number of unbranched alkanes of at least 4 members (excludes halogenated alkanes) is 44. The predicted molar refractivity (Wildman–Crippen MR) is 391 cm³/mol. The van der Waals surface area contributed by atoms with Crippen LogP contribution in [0.4, 0.5) is 0 Å². The van der Waals surface area contributed by atoms with E-state index in [-0.39, 0.29) is 25.7 Å². The van der Waals surface area contributed by atoms with Crippen molar-refractivity contribution in [1.29, 1.82) is 0 Å². The van der Waals surface area contributed by atoms with Crippen LogP contribution in [0.3, 0.4) is 0 Å². The Morgan fingerprint density at radius 1 is 0.292 bits per heavy atom. The van der Waals surface area contributed by atoms with Gasteiger partial charge in [-0.05, 0) is 77.0 Å². The summed E-state index contributed by atoms with van der Waals surface area (Å²) in [5.41, 5.74) is 0. The fourth-order valence-corrected chi connectivity index (χ4v) is 12.7. The largest absolute Gasteiger partial charge is 0.472 e. The fraction of sp³-hybridized carbons (Fsp3) is 0.870. The molecule has 0 aromatic carbocycles. The molecule has 0 aromatic heterocycles. The molecule has 0 saturated carbocycles. The second kappa shape index (κ2) is 70.7. The molecule has 0 heterocycles. The Kier molecular flexibility index (Phi) is 68.7. The van der Waals surface area contributed by atoms with Crippen molar-refractivity contribution in [2.24, 2.45) is 0 Å². The molecule has 96 heavy (non-hydrogen) atoms. The third kappa shape index (κ3) is 69.7. The van der Waals surface area contributed by atoms with Crippen molar-refractivity contribution in [3.05, 3.63) is 36.5 Å². The minimum Gasteiger partial charge on any atom is -0.462 e. The van der Waals surface area contributed by atoms with E-state index in [1.165, 1.54) is 173 Å². The van der Waals surface area contributed by atoms with E-state index in [0.29, 0.717) is 25.7 Å². The molecule has 0 aliphatic heterocycles. The third-order valence-corrected chi connectivity index (χ3v) is 19.0. The van der Waals surface area contributed by atoms with Crippen molar-refractivity contribution in [1.82, 2.24) is 0 Å². The molecule has 0 amide bonds. The van der Waals surface area contributed by atoms with Gasteiger partial charge in [0.1, 0.15) is 19.3 Å². The van der Waals surface area contributed by atoms with E-state index in [0.717, 1.165) is 122 Å². The lowest BCUT2D eigenvalue weighted by molar-refractivity contribution is -0.161. The molecule has 0 rings (SSSR count). The summed E-state index contributed by atoms with van der Waals surface area (Å²) in [7, 11) is -9.93. The average Bonchev–Trinajstić information content (AvgIpc) is 1.17. The summed E-state index contributed by atoms with van der Waals surface area (Å²) in [5.74, 6) is -2.16. The highest BCUT2D eigenvalue weighted by atomic mass is 31.2. The molecular formula is C77H144O17P2. The van der Waals surface area contributed by atoms with Crippen molar-refractivity contribution >= 4 is 39.5 Å². The zero-order valence-corrected chi connectivity index (χ0v) is 63.4. The Hall–Kier alpha value is -2.72. The maximum atomic E-state index is 13.1. The molecule has 0 aliphatic carbocycles. The van der Waals surface area contributed by atoms with Crippen LogP contribution in [0.15, 0.2) is 36.5 Å². The van der Waals surface area contributed by atoms with Crippen LogP contribution in [0, 0.1) is 0 Å². The number of aliphatic hydroxyl groups is 1. The van der Waals surface area contributed by atoms with E-state index in [1.807, 2.05) is 0 Å². The van der Waals surface area contributed by atoms with E-state index in [9.17, 15) is 43.2 Å². The van der Waals surface area contributed by atoms with Gasteiger partial charge in [-0.1, -0.05) is 308 Å². The molecule has 3 N–H and O–H groups in total. The van der Waals surface area contributed by atoms with Crippen molar-refractivity contribution in [2.75, 3.05) is 39.6 Å². The first kappa shape index (κ1) is 93.3. The highest BCUT2D eigenvalue weighted by Gasteiger charge is 2.30. The highest BCUT2D eigenvalue weighted by molar-refractivity contribution is 7.47. The number of hydrogen-bond acceptors (Lipinski definition) is 15. The fourth-order valence-electron chi connectivity index (χ4n) is 11.1. The summed E-state index contributed by atoms with van der Waals surface area (Å²) in [6, 6.07) is 0. The van der Waals surface area contributed by atoms with Crippen LogP contribution in [0.25, 0.3) is 0 Å². The van der Waals surface area contributed by atoms with Gasteiger partial charge in [0.2, 0.25) is 0 Å². The summed E-state index contributed by atoms with van der Waals surface area (Å²) in [4.78, 5) is 72.8. The molecule has 0 bridgehead atoms. The monoisotopic (exact) mass is 1400 g/mol. The average molecular weight is 1400 g/mol. The van der Waals surface area contributed by atoms with Crippen molar-refractivity contribution in [2.45, 2.75) is 393 Å². The maximum Gasteiger partial charge on any atom is 0.472 e. The highest BCUT2D eigenvalue weighted by Crippen LogP contribution is 2.45. The van der Waals surface area contributed by atoms with Crippen molar-refractivity contribution in [3.8, 4) is 0 Å². The zero-order chi connectivity index (χ0) is 70.4. The normalized spacial score (nSPS) is 14.1. The van der Waals surface area contributed by atoms with Gasteiger partial charge in [-0.2, -0.15) is 0 Å². The summed E-state index contributed by atoms with van der Waals surface area (Å²) in [5, 5.41) is 10.6. The van der Waals surface area contributed by atoms with Gasteiger partial charge in [-0.15, -0.1) is 0 Å². The molecule has 0 fully saturated rings. The van der Waals surface area contributed by atoms with Crippen LogP contribution in [-0.2, 0) is 65.4 Å². The van der Waals surface area contributed by atoms with Crippen LogP contribution >= 0.6 is 15.6 Å². The van der Waals surface area contributed by atoms with Gasteiger partial charge in [0.15, 0.2) is 12.2 Å². The second-order valence-corrected chi connectivity index (χ2v) is 29.6. The van der Waals surface area contributed by atoms with Crippen LogP contribution in [-0.4, -0.2) is 96.7 Å². The summed E-state index contributed by atoms with van der Waals surface area (Å²) in [6.45, 7) is 4.90. The van der Waals surface area contributed by atoms with Crippen molar-refractivity contribution in [3.63, 3.8) is 0 Å². The Labute approximate surface area is 585 Å². The lowest BCUT2D eigenvalue weighted by atomic mass is 10.0. The number of phosphoric acid groups is 2. The van der Waals surface area contributed by atoms with Crippen LogP contribution in [0.2, 0.25) is 0 Å². The van der Waals surface area contributed by atoms with E-state index >= 15 is 0 Å². The molecule has 0 aromatic rings. The molecule has 2 unspecified atom stereocenters. The summed E-state index contributed by atoms with van der Waals surface area (Å²) in [6.07, 6.45) is 65.5. The van der Waals surface area contributed by atoms with Gasteiger partial charge < -0.3 is 33.8 Å². The number of aliphatic hydroxyl groups excluding tert-OH is 1. The lowest BCUT2D eigenvalue weighted by Crippen LogP contribution is -2.30. The smallest absolute Gasteiger partial charge is 0.462 e. The first-order valence-corrected chi connectivity index (χ1v) is 42.2. The SMILES string of the molecule is CCCCCC/C=C\C=C/CCCCCCCC(=O)OC[C@H](COP(=O)(O)OC[C@@H](O)COP(=O)(O)OC[C@@H](COC(=O)CCCCCCCCCCCCCCC)OC(=O)CCCCCCC/C=C\CCCCCCCC)OC(=O)CCCCCCCCCCCCCCC. The number of hydrogen-bond donors (Lipinski definition) is 3. The third-order valence-electron chi connectivity index (χ3n) is 17.1. The molecule has 0 aliphatic rings. The number of allylic oxidation sites excluding steroid dienone is 6. The number of ether oxygens (including phenoxy) is 4. The van der Waals surface area contributed by atoms with Gasteiger partial charge in [0.05, 0.1) is 26.4 Å². The molecule has 19 heteroatoms. The van der Waals surface area contributed by atoms with Crippen LogP contribution in [0.1, 0.15) is 374 Å². The van der Waals surface area contributed by atoms with Gasteiger partial charge in [0.25, 0.3) is 0 Å². The van der Waals surface area contributed by atoms with Gasteiger partial charge in [0, 0.05) is 25.7 Å². The topological polar surface area (TPSA) is 237 Å². The molecule has 0 spiro atoms. The van der Waals surface area contributed by atoms with E-state index < -0.39 is 97.5 Å². The number of esters is 4. The first-order chi connectivity index (χ1) is 46.7. The van der Waals surface area contributed by atoms with E-state index in [2.05, 4.69) is 64.2 Å². The van der Waals surface area contributed by atoms with Crippen molar-refractivity contribution < 1.29 is 80.2 Å². The number of phosphoric ester groups is 2. The van der Waals surface area contributed by atoms with Gasteiger partial charge in [-0.25, -0.2) is 9.13 Å². The molecule has 0 radical (unpaired) electrons. The molecule has 17 nitrogen and oxygen atoms in total. The minimum atomic E-state index is -4.97. The van der Waals surface area contributed by atoms with Crippen LogP contribution in [0.5, 0.6) is 0 Å².